The number of benzene rings is 2. The molecule has 130 valence electrons. The number of hydrogen-bond donors (Lipinski definition) is 2. The van der Waals surface area contributed by atoms with Crippen molar-refractivity contribution in [2.75, 3.05) is 17.4 Å². The molecule has 1 aliphatic heterocycles. The predicted octanol–water partition coefficient (Wildman–Crippen LogP) is 2.80. The first-order chi connectivity index (χ1) is 11.9. The van der Waals surface area contributed by atoms with Crippen LogP contribution in [0.25, 0.3) is 0 Å². The van der Waals surface area contributed by atoms with Gasteiger partial charge in [-0.2, -0.15) is 0 Å². The number of halogens is 3. The molecule has 0 radical (unpaired) electrons. The maximum atomic E-state index is 13.5. The Bertz CT molecular complexity index is 858. The van der Waals surface area contributed by atoms with Gasteiger partial charge < -0.3 is 20.1 Å². The van der Waals surface area contributed by atoms with Gasteiger partial charge in [0.2, 0.25) is 18.6 Å². The Hall–Kier alpha value is -3.23. The van der Waals surface area contributed by atoms with Gasteiger partial charge in [-0.15, -0.1) is 0 Å². The number of carbonyl (C=O) groups is 2. The van der Waals surface area contributed by atoms with Crippen LogP contribution in [0.4, 0.5) is 24.5 Å². The molecular formula is C16H11F3N2O4. The highest BCUT2D eigenvalue weighted by molar-refractivity contribution is 6.08. The van der Waals surface area contributed by atoms with Crippen molar-refractivity contribution < 1.29 is 32.2 Å². The minimum absolute atomic E-state index is 0.0783. The number of ether oxygens (including phenoxy) is 2. The van der Waals surface area contributed by atoms with Gasteiger partial charge in [-0.1, -0.05) is 0 Å². The average molecular weight is 352 g/mol. The van der Waals surface area contributed by atoms with Gasteiger partial charge in [0.25, 0.3) is 0 Å². The molecule has 0 saturated heterocycles. The van der Waals surface area contributed by atoms with E-state index in [2.05, 4.69) is 5.32 Å². The molecule has 25 heavy (non-hydrogen) atoms. The zero-order chi connectivity index (χ0) is 18.0. The summed E-state index contributed by atoms with van der Waals surface area (Å²) in [5.41, 5.74) is -0.180. The van der Waals surface area contributed by atoms with Crippen molar-refractivity contribution in [3.05, 3.63) is 47.8 Å². The van der Waals surface area contributed by atoms with Crippen molar-refractivity contribution in [1.82, 2.24) is 0 Å². The Kier molecular flexibility index (Phi) is 4.46. The summed E-state index contributed by atoms with van der Waals surface area (Å²) in [6, 6.07) is 6.20. The van der Waals surface area contributed by atoms with Crippen molar-refractivity contribution in [3.63, 3.8) is 0 Å². The molecule has 0 fully saturated rings. The lowest BCUT2D eigenvalue weighted by atomic mass is 10.2. The summed E-state index contributed by atoms with van der Waals surface area (Å²) in [5.74, 6) is -5.21. The van der Waals surface area contributed by atoms with Crippen molar-refractivity contribution in [2.45, 2.75) is 6.42 Å². The first-order valence-electron chi connectivity index (χ1n) is 7.07. The fraction of sp³-hybridized carbons (Fsp3) is 0.125. The standard InChI is InChI=1S/C16H11F3N2O4/c17-9-2-3-10(16(19)15(9)18)21-14(23)6-13(22)20-8-1-4-11-12(5-8)25-7-24-11/h1-5H,6-7H2,(H,20,22)(H,21,23). The normalized spacial score (nSPS) is 12.0. The van der Waals surface area contributed by atoms with Crippen molar-refractivity contribution in [2.24, 2.45) is 0 Å². The third kappa shape index (κ3) is 3.65. The third-order valence-corrected chi connectivity index (χ3v) is 3.29. The highest BCUT2D eigenvalue weighted by Gasteiger charge is 2.18. The Morgan fingerprint density at radius 2 is 1.64 bits per heavy atom. The molecule has 0 aromatic heterocycles. The third-order valence-electron chi connectivity index (χ3n) is 3.29. The lowest BCUT2D eigenvalue weighted by molar-refractivity contribution is -0.123. The molecule has 0 atom stereocenters. The van der Waals surface area contributed by atoms with Crippen molar-refractivity contribution >= 4 is 23.2 Å². The zero-order valence-corrected chi connectivity index (χ0v) is 12.6. The number of amides is 2. The monoisotopic (exact) mass is 352 g/mol. The molecule has 6 nitrogen and oxygen atoms in total. The van der Waals surface area contributed by atoms with E-state index in [1.165, 1.54) is 6.07 Å². The first kappa shape index (κ1) is 16.6. The molecule has 1 aliphatic rings. The molecular weight excluding hydrogens is 341 g/mol. The predicted molar refractivity (Wildman–Crippen MR) is 80.8 cm³/mol. The molecule has 1 heterocycles. The molecule has 2 aromatic rings. The SMILES string of the molecule is O=C(CC(=O)Nc1ccc(F)c(F)c1F)Nc1ccc2c(c1)OCO2. The van der Waals surface area contributed by atoms with Gasteiger partial charge in [0, 0.05) is 11.8 Å². The fourth-order valence-corrected chi connectivity index (χ4v) is 2.14. The van der Waals surface area contributed by atoms with Gasteiger partial charge in [-0.3, -0.25) is 9.59 Å². The summed E-state index contributed by atoms with van der Waals surface area (Å²) in [4.78, 5) is 23.6. The summed E-state index contributed by atoms with van der Waals surface area (Å²) in [6.07, 6.45) is -0.646. The van der Waals surface area contributed by atoms with Crippen LogP contribution in [0.2, 0.25) is 0 Å². The molecule has 0 unspecified atom stereocenters. The van der Waals surface area contributed by atoms with Crippen LogP contribution >= 0.6 is 0 Å². The van der Waals surface area contributed by atoms with Crippen LogP contribution in [0, 0.1) is 17.5 Å². The molecule has 2 amide bonds. The number of fused-ring (bicyclic) bond motifs is 1. The second-order valence-corrected chi connectivity index (χ2v) is 5.06. The van der Waals surface area contributed by atoms with E-state index in [9.17, 15) is 22.8 Å². The first-order valence-corrected chi connectivity index (χ1v) is 7.07. The topological polar surface area (TPSA) is 76.7 Å². The number of rotatable bonds is 4. The Morgan fingerprint density at radius 1 is 0.920 bits per heavy atom. The summed E-state index contributed by atoms with van der Waals surface area (Å²) >= 11 is 0. The van der Waals surface area contributed by atoms with Crippen LogP contribution in [0.5, 0.6) is 11.5 Å². The van der Waals surface area contributed by atoms with Crippen LogP contribution in [-0.2, 0) is 9.59 Å². The summed E-state index contributed by atoms with van der Waals surface area (Å²) < 4.78 is 49.7. The summed E-state index contributed by atoms with van der Waals surface area (Å²) in [6.45, 7) is 0.0783. The molecule has 2 aromatic carbocycles. The highest BCUT2D eigenvalue weighted by Crippen LogP contribution is 2.34. The molecule has 0 saturated carbocycles. The van der Waals surface area contributed by atoms with Crippen molar-refractivity contribution in [3.8, 4) is 11.5 Å². The Balaban J connectivity index is 1.59. The van der Waals surface area contributed by atoms with E-state index in [0.29, 0.717) is 23.3 Å². The maximum Gasteiger partial charge on any atom is 0.233 e. The Labute approximate surface area is 139 Å². The van der Waals surface area contributed by atoms with Gasteiger partial charge in [0.05, 0.1) is 5.69 Å². The van der Waals surface area contributed by atoms with E-state index in [-0.39, 0.29) is 6.79 Å². The second kappa shape index (κ2) is 6.71. The van der Waals surface area contributed by atoms with E-state index < -0.39 is 41.4 Å². The maximum absolute atomic E-state index is 13.5. The van der Waals surface area contributed by atoms with Crippen LogP contribution in [0.1, 0.15) is 6.42 Å². The fourth-order valence-electron chi connectivity index (χ4n) is 2.14. The van der Waals surface area contributed by atoms with Crippen molar-refractivity contribution in [1.29, 1.82) is 0 Å². The van der Waals surface area contributed by atoms with Gasteiger partial charge in [0.1, 0.15) is 6.42 Å². The largest absolute Gasteiger partial charge is 0.454 e. The number of carbonyl (C=O) groups excluding carboxylic acids is 2. The van der Waals surface area contributed by atoms with Gasteiger partial charge >= 0.3 is 0 Å². The lowest BCUT2D eigenvalue weighted by Crippen LogP contribution is -2.22. The lowest BCUT2D eigenvalue weighted by Gasteiger charge is -2.08. The van der Waals surface area contributed by atoms with Gasteiger partial charge in [-0.05, 0) is 24.3 Å². The van der Waals surface area contributed by atoms with E-state index in [4.69, 9.17) is 9.47 Å². The van der Waals surface area contributed by atoms with E-state index in [0.717, 1.165) is 6.07 Å². The van der Waals surface area contributed by atoms with Gasteiger partial charge in [-0.25, -0.2) is 13.2 Å². The van der Waals surface area contributed by atoms with Gasteiger partial charge in [0.15, 0.2) is 29.0 Å². The Morgan fingerprint density at radius 3 is 2.44 bits per heavy atom. The molecule has 9 heteroatoms. The number of hydrogen-bond acceptors (Lipinski definition) is 4. The molecule has 0 spiro atoms. The van der Waals surface area contributed by atoms with E-state index in [1.807, 2.05) is 5.32 Å². The van der Waals surface area contributed by atoms with Crippen LogP contribution < -0.4 is 20.1 Å². The summed E-state index contributed by atoms with van der Waals surface area (Å²) in [7, 11) is 0. The number of nitrogens with one attached hydrogen (secondary N) is 2. The van der Waals surface area contributed by atoms with E-state index >= 15 is 0 Å². The molecule has 0 bridgehead atoms. The van der Waals surface area contributed by atoms with Crippen LogP contribution in [0.15, 0.2) is 30.3 Å². The molecule has 3 rings (SSSR count). The number of anilines is 2. The molecule has 0 aliphatic carbocycles. The van der Waals surface area contributed by atoms with E-state index in [1.54, 1.807) is 12.1 Å². The second-order valence-electron chi connectivity index (χ2n) is 5.06. The van der Waals surface area contributed by atoms with Crippen LogP contribution in [-0.4, -0.2) is 18.6 Å². The highest BCUT2D eigenvalue weighted by atomic mass is 19.2. The minimum Gasteiger partial charge on any atom is -0.454 e. The quantitative estimate of drug-likeness (QED) is 0.655. The average Bonchev–Trinajstić information content (AvgIpc) is 3.03. The zero-order valence-electron chi connectivity index (χ0n) is 12.6. The minimum atomic E-state index is -1.71. The smallest absolute Gasteiger partial charge is 0.233 e. The summed E-state index contributed by atoms with van der Waals surface area (Å²) in [5, 5.41) is 4.47. The van der Waals surface area contributed by atoms with Crippen LogP contribution in [0.3, 0.4) is 0 Å². The molecule has 2 N–H and O–H groups in total.